The molecule has 0 heterocycles. The second-order valence-electron chi connectivity index (χ2n) is 14.9. The maximum atomic E-state index is 4.07. The van der Waals surface area contributed by atoms with Crippen molar-refractivity contribution < 1.29 is 0 Å². The van der Waals surface area contributed by atoms with Gasteiger partial charge in [0.1, 0.15) is 0 Å². The number of hydrogen-bond acceptors (Lipinski definition) is 0. The van der Waals surface area contributed by atoms with Crippen LogP contribution < -0.4 is 0 Å². The molecule has 0 aliphatic rings. The molecule has 0 radical (unpaired) electrons. The zero-order chi connectivity index (χ0) is 32.1. The normalized spacial score (nSPS) is 12.8. The minimum atomic E-state index is 0.0456. The van der Waals surface area contributed by atoms with Crippen LogP contribution in [0.3, 0.4) is 0 Å². The Balaban J connectivity index is 1.66. The molecule has 0 fully saturated rings. The summed E-state index contributed by atoms with van der Waals surface area (Å²) >= 11 is 8.14. The quantitative estimate of drug-likeness (QED) is 0.148. The van der Waals surface area contributed by atoms with E-state index in [0.29, 0.717) is 0 Å². The van der Waals surface area contributed by atoms with Crippen LogP contribution in [0.15, 0.2) is 118 Å². The third-order valence-electron chi connectivity index (χ3n) is 9.80. The Morgan fingerprint density at radius 2 is 0.739 bits per heavy atom. The first-order valence-corrected chi connectivity index (χ1v) is 17.7. The van der Waals surface area contributed by atoms with Gasteiger partial charge in [-0.2, -0.15) is 0 Å². The number of hydrogen-bond donors (Lipinski definition) is 0. The van der Waals surface area contributed by atoms with Gasteiger partial charge in [-0.3, -0.25) is 0 Å². The molecule has 2 heteroatoms. The van der Waals surface area contributed by atoms with E-state index in [4.69, 9.17) is 0 Å². The summed E-state index contributed by atoms with van der Waals surface area (Å²) in [4.78, 5) is 0. The van der Waals surface area contributed by atoms with Crippen LogP contribution in [-0.2, 0) is 10.8 Å². The number of rotatable bonds is 1. The second kappa shape index (κ2) is 10.4. The predicted molar refractivity (Wildman–Crippen MR) is 210 cm³/mol. The molecule has 0 amide bonds. The van der Waals surface area contributed by atoms with Gasteiger partial charge in [-0.1, -0.05) is 158 Å². The molecule has 0 saturated carbocycles. The van der Waals surface area contributed by atoms with Crippen molar-refractivity contribution in [2.75, 3.05) is 0 Å². The van der Waals surface area contributed by atoms with Gasteiger partial charge in [0.15, 0.2) is 0 Å². The molecule has 0 bridgehead atoms. The average molecular weight is 725 g/mol. The van der Waals surface area contributed by atoms with E-state index in [1.54, 1.807) is 0 Å². The minimum absolute atomic E-state index is 0.0456. The van der Waals surface area contributed by atoms with E-state index in [1.165, 1.54) is 86.9 Å². The molecule has 0 spiro atoms. The molecule has 8 rings (SSSR count). The van der Waals surface area contributed by atoms with Gasteiger partial charge in [0, 0.05) is 19.7 Å². The van der Waals surface area contributed by atoms with Gasteiger partial charge in [-0.05, 0) is 111 Å². The van der Waals surface area contributed by atoms with Crippen molar-refractivity contribution in [2.24, 2.45) is 0 Å². The van der Waals surface area contributed by atoms with E-state index in [0.717, 1.165) is 8.95 Å². The molecule has 8 aromatic carbocycles. The monoisotopic (exact) mass is 722 g/mol. The lowest BCUT2D eigenvalue weighted by Gasteiger charge is -2.23. The van der Waals surface area contributed by atoms with Gasteiger partial charge in [-0.15, -0.1) is 0 Å². The molecular weight excluding hydrogens is 688 g/mol. The zero-order valence-corrected chi connectivity index (χ0v) is 30.3. The second-order valence-corrected chi connectivity index (χ2v) is 16.6. The Hall–Kier alpha value is -3.72. The van der Waals surface area contributed by atoms with Crippen molar-refractivity contribution in [3.63, 3.8) is 0 Å². The summed E-state index contributed by atoms with van der Waals surface area (Å²) in [5.74, 6) is 0. The Morgan fingerprint density at radius 1 is 0.370 bits per heavy atom. The maximum Gasteiger partial charge on any atom is 0.0266 e. The highest BCUT2D eigenvalue weighted by molar-refractivity contribution is 9.11. The van der Waals surface area contributed by atoms with Gasteiger partial charge in [0.25, 0.3) is 0 Å². The van der Waals surface area contributed by atoms with Gasteiger partial charge >= 0.3 is 0 Å². The number of fused-ring (bicyclic) bond motifs is 10. The summed E-state index contributed by atoms with van der Waals surface area (Å²) < 4.78 is 2.26. The van der Waals surface area contributed by atoms with E-state index in [-0.39, 0.29) is 10.8 Å². The van der Waals surface area contributed by atoms with Crippen LogP contribution >= 0.6 is 31.9 Å². The highest BCUT2D eigenvalue weighted by atomic mass is 79.9. The fraction of sp³-hybridized carbons (Fsp3) is 0.182. The first-order chi connectivity index (χ1) is 21.9. The SMILES string of the molecule is CC(C)(C)c1ccc2c(c1)cc(-c1cc3cc(C(C)(C)C)ccc3c3c(Br)cc4ccccc4c13)c1c3ccccc3cc(Br)c21. The fourth-order valence-corrected chi connectivity index (χ4v) is 8.66. The standard InChI is InChI=1S/C44H36Br2/c1-43(2,3)29-15-17-33-27(19-29)21-35(39-31-13-9-7-11-25(31)23-37(45)41(33)39)36-22-28-20-30(44(4,5)6)16-18-34(28)42-38(46)24-26-12-8-10-14-32(26)40(36)42/h7-24H,1-6H3. The largest absolute Gasteiger partial charge is 0.0616 e. The Labute approximate surface area is 287 Å². The smallest absolute Gasteiger partial charge is 0.0266 e. The number of benzene rings is 8. The summed E-state index contributed by atoms with van der Waals surface area (Å²) in [6, 6.07) is 41.3. The summed E-state index contributed by atoms with van der Waals surface area (Å²) in [6.07, 6.45) is 0. The lowest BCUT2D eigenvalue weighted by molar-refractivity contribution is 0.591. The van der Waals surface area contributed by atoms with Crippen LogP contribution in [0.2, 0.25) is 0 Å². The van der Waals surface area contributed by atoms with Crippen LogP contribution in [0, 0.1) is 0 Å². The Kier molecular flexibility index (Phi) is 6.70. The molecule has 0 aliphatic carbocycles. The van der Waals surface area contributed by atoms with Crippen LogP contribution in [0.5, 0.6) is 0 Å². The molecule has 0 N–H and O–H groups in total. The van der Waals surface area contributed by atoms with Crippen molar-refractivity contribution in [3.8, 4) is 11.1 Å². The van der Waals surface area contributed by atoms with Crippen LogP contribution in [0.4, 0.5) is 0 Å². The lowest BCUT2D eigenvalue weighted by Crippen LogP contribution is -2.10. The van der Waals surface area contributed by atoms with E-state index < -0.39 is 0 Å². The molecule has 0 aliphatic heterocycles. The van der Waals surface area contributed by atoms with E-state index in [9.17, 15) is 0 Å². The fourth-order valence-electron chi connectivity index (χ4n) is 7.35. The Morgan fingerprint density at radius 3 is 1.13 bits per heavy atom. The van der Waals surface area contributed by atoms with Gasteiger partial charge in [-0.25, -0.2) is 0 Å². The van der Waals surface area contributed by atoms with Crippen LogP contribution in [0.1, 0.15) is 52.7 Å². The lowest BCUT2D eigenvalue weighted by atomic mass is 9.81. The molecule has 0 saturated heterocycles. The van der Waals surface area contributed by atoms with Gasteiger partial charge in [0.05, 0.1) is 0 Å². The summed E-state index contributed by atoms with van der Waals surface area (Å²) in [7, 11) is 0. The van der Waals surface area contributed by atoms with Gasteiger partial charge in [0.2, 0.25) is 0 Å². The van der Waals surface area contributed by atoms with Crippen molar-refractivity contribution in [2.45, 2.75) is 52.4 Å². The first-order valence-electron chi connectivity index (χ1n) is 16.1. The van der Waals surface area contributed by atoms with E-state index in [2.05, 4.69) is 183 Å². The van der Waals surface area contributed by atoms with Crippen molar-refractivity contribution in [1.82, 2.24) is 0 Å². The summed E-state index contributed by atoms with van der Waals surface area (Å²) in [6.45, 7) is 13.8. The first kappa shape index (κ1) is 29.7. The maximum absolute atomic E-state index is 4.07. The topological polar surface area (TPSA) is 0 Å². The van der Waals surface area contributed by atoms with Crippen molar-refractivity contribution in [1.29, 1.82) is 0 Å². The molecule has 0 aromatic heterocycles. The number of halogens is 2. The molecule has 0 unspecified atom stereocenters. The van der Waals surface area contributed by atoms with Crippen LogP contribution in [0.25, 0.3) is 75.8 Å². The minimum Gasteiger partial charge on any atom is -0.0616 e. The summed E-state index contributed by atoms with van der Waals surface area (Å²) in [5.41, 5.74) is 5.31. The predicted octanol–water partition coefficient (Wildman–Crippen LogP) is 14.4. The molecule has 8 aromatic rings. The molecule has 46 heavy (non-hydrogen) atoms. The van der Waals surface area contributed by atoms with E-state index in [1.807, 2.05) is 0 Å². The van der Waals surface area contributed by atoms with Crippen molar-refractivity contribution in [3.05, 3.63) is 129 Å². The highest BCUT2D eigenvalue weighted by Gasteiger charge is 2.22. The summed E-state index contributed by atoms with van der Waals surface area (Å²) in [5, 5.41) is 15.2. The van der Waals surface area contributed by atoms with Gasteiger partial charge < -0.3 is 0 Å². The average Bonchev–Trinajstić information content (AvgIpc) is 3.02. The zero-order valence-electron chi connectivity index (χ0n) is 27.1. The third kappa shape index (κ3) is 4.60. The molecular formula is C44H36Br2. The Bertz CT molecular complexity index is 2380. The van der Waals surface area contributed by atoms with Crippen molar-refractivity contribution >= 4 is 96.5 Å². The molecule has 0 atom stereocenters. The molecule has 0 nitrogen and oxygen atoms in total. The van der Waals surface area contributed by atoms with E-state index >= 15 is 0 Å². The molecule has 226 valence electrons. The highest BCUT2D eigenvalue weighted by Crippen LogP contribution is 2.49. The van der Waals surface area contributed by atoms with Crippen LogP contribution in [-0.4, -0.2) is 0 Å². The third-order valence-corrected chi connectivity index (χ3v) is 11.1.